The normalized spacial score (nSPS) is 10.1. The van der Waals surface area contributed by atoms with E-state index in [9.17, 15) is 0 Å². The molecule has 1 aromatic carbocycles. The van der Waals surface area contributed by atoms with E-state index in [1.807, 2.05) is 12.1 Å². The summed E-state index contributed by atoms with van der Waals surface area (Å²) < 4.78 is 5.53. The van der Waals surface area contributed by atoms with Crippen molar-refractivity contribution in [2.75, 3.05) is 12.5 Å². The molecule has 0 aliphatic rings. The van der Waals surface area contributed by atoms with Gasteiger partial charge < -0.3 is 4.74 Å². The van der Waals surface area contributed by atoms with Crippen LogP contribution in [0.1, 0.15) is 25.3 Å². The Labute approximate surface area is 103 Å². The van der Waals surface area contributed by atoms with Gasteiger partial charge in [-0.15, -0.1) is 11.6 Å². The summed E-state index contributed by atoms with van der Waals surface area (Å²) in [5.74, 6) is 1.33. The van der Waals surface area contributed by atoms with Crippen LogP contribution in [0.25, 0.3) is 0 Å². The van der Waals surface area contributed by atoms with Crippen LogP contribution in [0.5, 0.6) is 5.75 Å². The summed E-state index contributed by atoms with van der Waals surface area (Å²) in [5, 5.41) is 0. The first kappa shape index (κ1) is 13.1. The number of aryl methyl sites for hydroxylation is 1. The van der Waals surface area contributed by atoms with E-state index in [-0.39, 0.29) is 0 Å². The van der Waals surface area contributed by atoms with Crippen molar-refractivity contribution in [2.24, 2.45) is 0 Å². The van der Waals surface area contributed by atoms with E-state index in [1.54, 1.807) is 0 Å². The summed E-state index contributed by atoms with van der Waals surface area (Å²) in [6.45, 7) is 6.49. The summed E-state index contributed by atoms with van der Waals surface area (Å²) in [6.07, 6.45) is 3.61. The first-order valence-electron chi connectivity index (χ1n) is 5.70. The van der Waals surface area contributed by atoms with Crippen LogP contribution in [0.2, 0.25) is 0 Å². The second-order valence-corrected chi connectivity index (χ2v) is 4.19. The lowest BCUT2D eigenvalue weighted by Crippen LogP contribution is -2.01. The van der Waals surface area contributed by atoms with E-state index >= 15 is 0 Å². The molecule has 1 rings (SSSR count). The predicted octanol–water partition coefficient (Wildman–Crippen LogP) is 4.20. The number of hydrogen-bond donors (Lipinski definition) is 0. The Hall–Kier alpha value is -0.950. The van der Waals surface area contributed by atoms with Gasteiger partial charge >= 0.3 is 0 Å². The van der Waals surface area contributed by atoms with E-state index in [1.165, 1.54) is 18.4 Å². The minimum atomic E-state index is 0.453. The zero-order chi connectivity index (χ0) is 11.8. The standard InChI is InChI=1S/C14H19ClO/c1-3-4-5-13-6-8-14(9-7-13)16-11-12(2)10-15/h6-9H,2-5,10-11H2,1H3. The highest BCUT2D eigenvalue weighted by Gasteiger charge is 1.97. The number of alkyl halides is 1. The van der Waals surface area contributed by atoms with Crippen molar-refractivity contribution in [2.45, 2.75) is 26.2 Å². The highest BCUT2D eigenvalue weighted by atomic mass is 35.5. The molecule has 0 N–H and O–H groups in total. The number of benzene rings is 1. The fourth-order valence-electron chi connectivity index (χ4n) is 1.36. The third-order valence-electron chi connectivity index (χ3n) is 2.37. The maximum absolute atomic E-state index is 5.62. The Kier molecular flexibility index (Phi) is 6.02. The third-order valence-corrected chi connectivity index (χ3v) is 2.75. The van der Waals surface area contributed by atoms with E-state index in [0.717, 1.165) is 17.7 Å². The van der Waals surface area contributed by atoms with Crippen LogP contribution < -0.4 is 4.74 Å². The largest absolute Gasteiger partial charge is 0.489 e. The van der Waals surface area contributed by atoms with Crippen molar-refractivity contribution in [1.29, 1.82) is 0 Å². The average molecular weight is 239 g/mol. The lowest BCUT2D eigenvalue weighted by atomic mass is 10.1. The van der Waals surface area contributed by atoms with Gasteiger partial charge in [-0.2, -0.15) is 0 Å². The van der Waals surface area contributed by atoms with Crippen LogP contribution in [0.3, 0.4) is 0 Å². The molecule has 0 saturated heterocycles. The second-order valence-electron chi connectivity index (χ2n) is 3.92. The smallest absolute Gasteiger partial charge is 0.119 e. The summed E-state index contributed by atoms with van der Waals surface area (Å²) in [4.78, 5) is 0. The SMILES string of the molecule is C=C(CCl)COc1ccc(CCCC)cc1. The van der Waals surface area contributed by atoms with Crippen molar-refractivity contribution in [3.8, 4) is 5.75 Å². The van der Waals surface area contributed by atoms with Crippen LogP contribution in [0, 0.1) is 0 Å². The molecule has 0 unspecified atom stereocenters. The Morgan fingerprint density at radius 2 is 2.00 bits per heavy atom. The molecule has 0 fully saturated rings. The molecule has 1 aromatic rings. The fraction of sp³-hybridized carbons (Fsp3) is 0.429. The summed E-state index contributed by atoms with van der Waals surface area (Å²) >= 11 is 5.62. The Morgan fingerprint density at radius 1 is 1.31 bits per heavy atom. The van der Waals surface area contributed by atoms with Gasteiger partial charge in [-0.1, -0.05) is 32.1 Å². The molecule has 0 bridgehead atoms. The molecule has 0 aliphatic heterocycles. The number of ether oxygens (including phenoxy) is 1. The number of unbranched alkanes of at least 4 members (excludes halogenated alkanes) is 1. The van der Waals surface area contributed by atoms with E-state index in [0.29, 0.717) is 12.5 Å². The van der Waals surface area contributed by atoms with Gasteiger partial charge in [0.05, 0.1) is 0 Å². The second kappa shape index (κ2) is 7.34. The minimum Gasteiger partial charge on any atom is -0.489 e. The highest BCUT2D eigenvalue weighted by Crippen LogP contribution is 2.14. The van der Waals surface area contributed by atoms with Gasteiger partial charge in [-0.25, -0.2) is 0 Å². The first-order valence-corrected chi connectivity index (χ1v) is 6.24. The topological polar surface area (TPSA) is 9.23 Å². The first-order chi connectivity index (χ1) is 7.76. The van der Waals surface area contributed by atoms with Gasteiger partial charge in [0.1, 0.15) is 12.4 Å². The summed E-state index contributed by atoms with van der Waals surface area (Å²) in [5.41, 5.74) is 2.27. The molecular weight excluding hydrogens is 220 g/mol. The average Bonchev–Trinajstić information content (AvgIpc) is 2.34. The van der Waals surface area contributed by atoms with Crippen molar-refractivity contribution in [3.05, 3.63) is 42.0 Å². The van der Waals surface area contributed by atoms with Gasteiger partial charge in [0.25, 0.3) is 0 Å². The molecule has 0 radical (unpaired) electrons. The molecule has 0 heterocycles. The zero-order valence-electron chi connectivity index (χ0n) is 9.84. The fourth-order valence-corrected chi connectivity index (χ4v) is 1.43. The Morgan fingerprint density at radius 3 is 2.56 bits per heavy atom. The number of hydrogen-bond acceptors (Lipinski definition) is 1. The monoisotopic (exact) mass is 238 g/mol. The van der Waals surface area contributed by atoms with Crippen LogP contribution >= 0.6 is 11.6 Å². The molecule has 0 saturated carbocycles. The summed E-state index contributed by atoms with van der Waals surface area (Å²) in [6, 6.07) is 8.25. The van der Waals surface area contributed by atoms with E-state index in [2.05, 4.69) is 25.6 Å². The molecule has 16 heavy (non-hydrogen) atoms. The molecule has 88 valence electrons. The molecule has 1 nitrogen and oxygen atoms in total. The highest BCUT2D eigenvalue weighted by molar-refractivity contribution is 6.19. The van der Waals surface area contributed by atoms with Crippen molar-refractivity contribution in [3.63, 3.8) is 0 Å². The third kappa shape index (κ3) is 4.71. The van der Waals surface area contributed by atoms with Gasteiger partial charge in [0.2, 0.25) is 0 Å². The lowest BCUT2D eigenvalue weighted by molar-refractivity contribution is 0.353. The molecule has 0 amide bonds. The van der Waals surface area contributed by atoms with E-state index in [4.69, 9.17) is 16.3 Å². The van der Waals surface area contributed by atoms with Crippen molar-refractivity contribution >= 4 is 11.6 Å². The van der Waals surface area contributed by atoms with Crippen LogP contribution in [0.15, 0.2) is 36.4 Å². The van der Waals surface area contributed by atoms with Crippen LogP contribution in [-0.4, -0.2) is 12.5 Å². The van der Waals surface area contributed by atoms with Gasteiger partial charge in [-0.3, -0.25) is 0 Å². The van der Waals surface area contributed by atoms with Crippen molar-refractivity contribution in [1.82, 2.24) is 0 Å². The molecular formula is C14H19ClO. The van der Waals surface area contributed by atoms with Crippen LogP contribution in [-0.2, 0) is 6.42 Å². The molecule has 0 aliphatic carbocycles. The van der Waals surface area contributed by atoms with Crippen molar-refractivity contribution < 1.29 is 4.74 Å². The minimum absolute atomic E-state index is 0.453. The molecule has 0 aromatic heterocycles. The maximum atomic E-state index is 5.62. The molecule has 2 heteroatoms. The number of halogens is 1. The maximum Gasteiger partial charge on any atom is 0.119 e. The molecule has 0 spiro atoms. The van der Waals surface area contributed by atoms with Crippen LogP contribution in [0.4, 0.5) is 0 Å². The predicted molar refractivity (Wildman–Crippen MR) is 70.4 cm³/mol. The summed E-state index contributed by atoms with van der Waals surface area (Å²) in [7, 11) is 0. The molecule has 0 atom stereocenters. The number of rotatable bonds is 7. The quantitative estimate of drug-likeness (QED) is 0.511. The Bertz CT molecular complexity index is 316. The van der Waals surface area contributed by atoms with Gasteiger partial charge in [0, 0.05) is 5.88 Å². The van der Waals surface area contributed by atoms with E-state index < -0.39 is 0 Å². The lowest BCUT2D eigenvalue weighted by Gasteiger charge is -2.07. The van der Waals surface area contributed by atoms with Gasteiger partial charge in [0.15, 0.2) is 0 Å². The zero-order valence-corrected chi connectivity index (χ0v) is 10.6. The van der Waals surface area contributed by atoms with Gasteiger partial charge in [-0.05, 0) is 36.1 Å². The Balaban J connectivity index is 2.41.